The van der Waals surface area contributed by atoms with E-state index in [1.54, 1.807) is 0 Å². The van der Waals surface area contributed by atoms with Crippen LogP contribution in [0.25, 0.3) is 21.9 Å². The van der Waals surface area contributed by atoms with Gasteiger partial charge < -0.3 is 9.32 Å². The van der Waals surface area contributed by atoms with E-state index in [1.165, 1.54) is 11.1 Å². The molecule has 2 nitrogen and oxygen atoms in total. The van der Waals surface area contributed by atoms with Crippen LogP contribution in [-0.2, 0) is 0 Å². The van der Waals surface area contributed by atoms with Crippen LogP contribution in [0.4, 0.5) is 17.1 Å². The zero-order valence-electron chi connectivity index (χ0n) is 16.0. The van der Waals surface area contributed by atoms with Gasteiger partial charge in [0, 0.05) is 33.9 Å². The molecular weight excluding hydrogens is 342 g/mol. The first-order valence-corrected chi connectivity index (χ1v) is 9.54. The summed E-state index contributed by atoms with van der Waals surface area (Å²) in [7, 11) is 0. The van der Waals surface area contributed by atoms with Gasteiger partial charge in [-0.05, 0) is 67.4 Å². The first-order chi connectivity index (χ1) is 13.7. The summed E-state index contributed by atoms with van der Waals surface area (Å²) in [6.07, 6.45) is 0. The third kappa shape index (κ3) is 2.74. The monoisotopic (exact) mass is 363 g/mol. The quantitative estimate of drug-likeness (QED) is 0.327. The van der Waals surface area contributed by atoms with Crippen LogP contribution >= 0.6 is 0 Å². The molecule has 0 fully saturated rings. The van der Waals surface area contributed by atoms with E-state index in [2.05, 4.69) is 91.5 Å². The molecule has 0 N–H and O–H groups in total. The molecule has 0 saturated carbocycles. The highest BCUT2D eigenvalue weighted by molar-refractivity contribution is 6.06. The molecule has 1 aromatic heterocycles. The average molecular weight is 363 g/mol. The highest BCUT2D eigenvalue weighted by Gasteiger charge is 2.15. The van der Waals surface area contributed by atoms with Crippen LogP contribution in [0.3, 0.4) is 0 Å². The van der Waals surface area contributed by atoms with Gasteiger partial charge in [0.25, 0.3) is 0 Å². The molecule has 0 saturated heterocycles. The summed E-state index contributed by atoms with van der Waals surface area (Å²) in [6, 6.07) is 31.7. The number of hydrogen-bond acceptors (Lipinski definition) is 2. The van der Waals surface area contributed by atoms with E-state index in [4.69, 9.17) is 4.42 Å². The fourth-order valence-corrected chi connectivity index (χ4v) is 3.74. The Labute approximate surface area is 164 Å². The summed E-state index contributed by atoms with van der Waals surface area (Å²) < 4.78 is 6.13. The van der Waals surface area contributed by atoms with Crippen LogP contribution in [0.2, 0.25) is 0 Å². The van der Waals surface area contributed by atoms with Crippen molar-refractivity contribution >= 4 is 39.0 Å². The molecule has 136 valence electrons. The van der Waals surface area contributed by atoms with Gasteiger partial charge in [0.2, 0.25) is 0 Å². The lowest BCUT2D eigenvalue weighted by molar-refractivity contribution is 0.669. The van der Waals surface area contributed by atoms with Crippen LogP contribution in [0.1, 0.15) is 11.1 Å². The predicted molar refractivity (Wildman–Crippen MR) is 118 cm³/mol. The van der Waals surface area contributed by atoms with Gasteiger partial charge in [0.1, 0.15) is 11.2 Å². The molecule has 5 rings (SSSR count). The van der Waals surface area contributed by atoms with Gasteiger partial charge in [-0.3, -0.25) is 0 Å². The van der Waals surface area contributed by atoms with Gasteiger partial charge in [-0.1, -0.05) is 42.5 Å². The number of nitrogens with zero attached hydrogens (tertiary/aromatic N) is 1. The van der Waals surface area contributed by atoms with Crippen LogP contribution in [0, 0.1) is 13.8 Å². The Bertz CT molecular complexity index is 1280. The summed E-state index contributed by atoms with van der Waals surface area (Å²) in [5.41, 5.74) is 7.76. The summed E-state index contributed by atoms with van der Waals surface area (Å²) in [6.45, 7) is 4.30. The molecule has 0 amide bonds. The number of benzene rings is 4. The first kappa shape index (κ1) is 16.6. The standard InChI is InChI=1S/C26H21NO/c1-18-12-13-21(16-19(18)2)27(20-8-4-3-5-9-20)22-14-15-24-23-10-6-7-11-25(23)28-26(24)17-22/h3-17H,1-2H3. The summed E-state index contributed by atoms with van der Waals surface area (Å²) in [4.78, 5) is 2.28. The van der Waals surface area contributed by atoms with Gasteiger partial charge in [0.05, 0.1) is 0 Å². The van der Waals surface area contributed by atoms with E-state index in [0.29, 0.717) is 0 Å². The lowest BCUT2D eigenvalue weighted by atomic mass is 10.1. The first-order valence-electron chi connectivity index (χ1n) is 9.54. The number of hydrogen-bond donors (Lipinski definition) is 0. The topological polar surface area (TPSA) is 16.4 Å². The summed E-state index contributed by atoms with van der Waals surface area (Å²) in [5.74, 6) is 0. The zero-order valence-corrected chi connectivity index (χ0v) is 16.0. The van der Waals surface area contributed by atoms with Crippen LogP contribution in [-0.4, -0.2) is 0 Å². The second-order valence-electron chi connectivity index (χ2n) is 7.22. The minimum atomic E-state index is 0.906. The zero-order chi connectivity index (χ0) is 19.1. The number of para-hydroxylation sites is 2. The number of rotatable bonds is 3. The van der Waals surface area contributed by atoms with Gasteiger partial charge in [-0.25, -0.2) is 0 Å². The maximum Gasteiger partial charge on any atom is 0.137 e. The lowest BCUT2D eigenvalue weighted by Crippen LogP contribution is -2.10. The van der Waals surface area contributed by atoms with Gasteiger partial charge in [-0.2, -0.15) is 0 Å². The van der Waals surface area contributed by atoms with Crippen LogP contribution in [0.15, 0.2) is 95.4 Å². The van der Waals surface area contributed by atoms with Crippen molar-refractivity contribution in [2.45, 2.75) is 13.8 Å². The van der Waals surface area contributed by atoms with E-state index < -0.39 is 0 Å². The summed E-state index contributed by atoms with van der Waals surface area (Å²) >= 11 is 0. The third-order valence-corrected chi connectivity index (χ3v) is 5.38. The van der Waals surface area contributed by atoms with Gasteiger partial charge >= 0.3 is 0 Å². The third-order valence-electron chi connectivity index (χ3n) is 5.38. The number of anilines is 3. The Morgan fingerprint density at radius 1 is 0.536 bits per heavy atom. The second kappa shape index (κ2) is 6.58. The van der Waals surface area contributed by atoms with Crippen molar-refractivity contribution < 1.29 is 4.42 Å². The van der Waals surface area contributed by atoms with Crippen molar-refractivity contribution in [1.29, 1.82) is 0 Å². The molecule has 0 bridgehead atoms. The second-order valence-corrected chi connectivity index (χ2v) is 7.22. The normalized spacial score (nSPS) is 11.2. The highest BCUT2D eigenvalue weighted by Crippen LogP contribution is 2.38. The van der Waals surface area contributed by atoms with Crippen molar-refractivity contribution in [1.82, 2.24) is 0 Å². The smallest absolute Gasteiger partial charge is 0.137 e. The minimum absolute atomic E-state index is 0.906. The molecule has 5 aromatic rings. The summed E-state index contributed by atoms with van der Waals surface area (Å²) in [5, 5.41) is 2.30. The average Bonchev–Trinajstić information content (AvgIpc) is 3.09. The Hall–Kier alpha value is -3.52. The fourth-order valence-electron chi connectivity index (χ4n) is 3.74. The van der Waals surface area contributed by atoms with Crippen molar-refractivity contribution in [2.24, 2.45) is 0 Å². The molecule has 4 aromatic carbocycles. The maximum absolute atomic E-state index is 6.13. The number of aryl methyl sites for hydroxylation is 2. The largest absolute Gasteiger partial charge is 0.456 e. The van der Waals surface area contributed by atoms with E-state index in [-0.39, 0.29) is 0 Å². The van der Waals surface area contributed by atoms with Gasteiger partial charge in [0.15, 0.2) is 0 Å². The van der Waals surface area contributed by atoms with Crippen molar-refractivity contribution in [3.8, 4) is 0 Å². The van der Waals surface area contributed by atoms with E-state index in [1.807, 2.05) is 18.2 Å². The number of fused-ring (bicyclic) bond motifs is 3. The van der Waals surface area contributed by atoms with E-state index in [0.717, 1.165) is 39.0 Å². The van der Waals surface area contributed by atoms with Crippen molar-refractivity contribution in [2.75, 3.05) is 4.90 Å². The molecule has 0 aliphatic heterocycles. The highest BCUT2D eigenvalue weighted by atomic mass is 16.3. The molecule has 0 aliphatic rings. The van der Waals surface area contributed by atoms with Crippen LogP contribution < -0.4 is 4.90 Å². The molecule has 2 heteroatoms. The van der Waals surface area contributed by atoms with Crippen molar-refractivity contribution in [3.05, 3.63) is 102 Å². The molecule has 0 aliphatic carbocycles. The molecule has 28 heavy (non-hydrogen) atoms. The van der Waals surface area contributed by atoms with Gasteiger partial charge in [-0.15, -0.1) is 0 Å². The van der Waals surface area contributed by atoms with Crippen molar-refractivity contribution in [3.63, 3.8) is 0 Å². The number of furan rings is 1. The lowest BCUT2D eigenvalue weighted by Gasteiger charge is -2.26. The fraction of sp³-hybridized carbons (Fsp3) is 0.0769. The Morgan fingerprint density at radius 3 is 2.04 bits per heavy atom. The van der Waals surface area contributed by atoms with E-state index in [9.17, 15) is 0 Å². The maximum atomic E-state index is 6.13. The minimum Gasteiger partial charge on any atom is -0.456 e. The molecule has 0 radical (unpaired) electrons. The molecule has 0 unspecified atom stereocenters. The van der Waals surface area contributed by atoms with E-state index >= 15 is 0 Å². The Balaban J connectivity index is 1.72. The predicted octanol–water partition coefficient (Wildman–Crippen LogP) is 7.67. The Morgan fingerprint density at radius 2 is 1.21 bits per heavy atom. The SMILES string of the molecule is Cc1ccc(N(c2ccccc2)c2ccc3c(c2)oc2ccccc23)cc1C. The molecule has 0 spiro atoms. The Kier molecular flexibility index (Phi) is 3.91. The molecule has 0 atom stereocenters. The molecule has 1 heterocycles. The molecular formula is C26H21NO. The van der Waals surface area contributed by atoms with Crippen LogP contribution in [0.5, 0.6) is 0 Å².